The molecule has 4 aromatic rings. The molecule has 2 aromatic heterocycles. The summed E-state index contributed by atoms with van der Waals surface area (Å²) in [5, 5.41) is 19.7. The van der Waals surface area contributed by atoms with Crippen LogP contribution in [0.1, 0.15) is 28.4 Å². The second-order valence-electron chi connectivity index (χ2n) is 9.50. The molecule has 2 aliphatic heterocycles. The van der Waals surface area contributed by atoms with Crippen molar-refractivity contribution < 1.29 is 14.3 Å². The van der Waals surface area contributed by atoms with Crippen LogP contribution in [0.4, 0.5) is 10.1 Å². The van der Waals surface area contributed by atoms with Crippen molar-refractivity contribution in [3.05, 3.63) is 94.2 Å². The van der Waals surface area contributed by atoms with Crippen molar-refractivity contribution in [2.75, 3.05) is 13.1 Å². The number of aromatic nitrogens is 2. The molecule has 2 bridgehead atoms. The third-order valence-corrected chi connectivity index (χ3v) is 7.15. The van der Waals surface area contributed by atoms with E-state index in [1.807, 2.05) is 41.0 Å². The summed E-state index contributed by atoms with van der Waals surface area (Å²) in [6.07, 6.45) is 1.04. The number of azo groups is 1. The van der Waals surface area contributed by atoms with Crippen LogP contribution in [0.2, 0.25) is 0 Å². The van der Waals surface area contributed by atoms with Gasteiger partial charge in [0.1, 0.15) is 5.82 Å². The lowest BCUT2D eigenvalue weighted by molar-refractivity contribution is 0.0922. The van der Waals surface area contributed by atoms with Crippen LogP contribution in [-0.2, 0) is 13.2 Å². The number of benzene rings is 2. The Morgan fingerprint density at radius 2 is 1.81 bits per heavy atom. The molecule has 0 unspecified atom stereocenters. The second kappa shape index (κ2) is 8.83. The predicted octanol–water partition coefficient (Wildman–Crippen LogP) is 4.65. The molecule has 4 heterocycles. The predicted molar refractivity (Wildman–Crippen MR) is 132 cm³/mol. The van der Waals surface area contributed by atoms with Crippen LogP contribution < -0.4 is 5.56 Å². The van der Waals surface area contributed by atoms with Crippen LogP contribution >= 0.6 is 0 Å². The molecule has 1 N–H and O–H groups in total. The number of amides is 1. The molecule has 6 rings (SSSR count). The molecule has 0 radical (unpaired) electrons. The number of aromatic hydroxyl groups is 1. The lowest BCUT2D eigenvalue weighted by atomic mass is 9.83. The average Bonchev–Trinajstić information content (AvgIpc) is 3.14. The molecule has 182 valence electrons. The second-order valence-corrected chi connectivity index (χ2v) is 9.50. The van der Waals surface area contributed by atoms with Crippen molar-refractivity contribution in [1.82, 2.24) is 14.0 Å². The van der Waals surface area contributed by atoms with Crippen LogP contribution in [0.3, 0.4) is 0 Å². The van der Waals surface area contributed by atoms with Crippen molar-refractivity contribution in [2.24, 2.45) is 16.1 Å². The van der Waals surface area contributed by atoms with Gasteiger partial charge in [-0.15, -0.1) is 10.2 Å². The van der Waals surface area contributed by atoms with E-state index in [4.69, 9.17) is 0 Å². The molecule has 0 aliphatic carbocycles. The molecule has 2 aliphatic rings. The molecule has 0 spiro atoms. The number of para-hydroxylation sites is 1. The van der Waals surface area contributed by atoms with Crippen molar-refractivity contribution in [3.63, 3.8) is 0 Å². The van der Waals surface area contributed by atoms with Gasteiger partial charge in [0, 0.05) is 48.3 Å². The van der Waals surface area contributed by atoms with Gasteiger partial charge in [0.05, 0.1) is 12.2 Å². The normalized spacial score (nSPS) is 19.6. The number of hydrogen-bond acceptors (Lipinski definition) is 5. The molecule has 1 amide bonds. The number of piperidine rings is 1. The number of carbonyl (C=O) groups is 1. The van der Waals surface area contributed by atoms with Crippen molar-refractivity contribution in [2.45, 2.75) is 25.6 Å². The highest BCUT2D eigenvalue weighted by Gasteiger charge is 2.35. The van der Waals surface area contributed by atoms with E-state index in [1.54, 1.807) is 10.6 Å². The van der Waals surface area contributed by atoms with Crippen molar-refractivity contribution in [1.29, 1.82) is 0 Å². The molecule has 2 atom stereocenters. The number of pyridine rings is 1. The van der Waals surface area contributed by atoms with Crippen LogP contribution in [0.5, 0.6) is 5.88 Å². The fourth-order valence-electron chi connectivity index (χ4n) is 5.57. The summed E-state index contributed by atoms with van der Waals surface area (Å²) in [5.41, 5.74) is 2.33. The maximum atomic E-state index is 13.2. The number of hydrogen-bond donors (Lipinski definition) is 1. The summed E-state index contributed by atoms with van der Waals surface area (Å²) in [6.45, 7) is 2.72. The number of carbonyl (C=O) groups excluding carboxylic acids is 1. The van der Waals surface area contributed by atoms with Gasteiger partial charge in [0.2, 0.25) is 5.88 Å². The third-order valence-electron chi connectivity index (χ3n) is 7.15. The van der Waals surface area contributed by atoms with Gasteiger partial charge in [0.25, 0.3) is 11.5 Å². The summed E-state index contributed by atoms with van der Waals surface area (Å²) in [5.74, 6) is -0.527. The SMILES string of the molecule is O=C(N=Nc1c(O)n(CN2C[C@@H]3C[C@@H](C2)c2cccc(=O)n2C3)c2ccccc12)c1ccc(F)cc1. The summed E-state index contributed by atoms with van der Waals surface area (Å²) >= 11 is 0. The average molecular weight is 486 g/mol. The van der Waals surface area contributed by atoms with Crippen LogP contribution in [0.25, 0.3) is 10.9 Å². The van der Waals surface area contributed by atoms with E-state index in [1.165, 1.54) is 24.3 Å². The molecule has 2 aromatic carbocycles. The highest BCUT2D eigenvalue weighted by atomic mass is 19.1. The molecule has 1 saturated heterocycles. The minimum absolute atomic E-state index is 0.0508. The Balaban J connectivity index is 1.29. The van der Waals surface area contributed by atoms with Gasteiger partial charge < -0.3 is 9.67 Å². The van der Waals surface area contributed by atoms with E-state index >= 15 is 0 Å². The minimum atomic E-state index is -0.621. The summed E-state index contributed by atoms with van der Waals surface area (Å²) in [6, 6.07) is 18.0. The highest BCUT2D eigenvalue weighted by Crippen LogP contribution is 2.40. The number of rotatable bonds is 4. The molecular formula is C27H24FN5O3. The molecule has 8 nitrogen and oxygen atoms in total. The van der Waals surface area contributed by atoms with Gasteiger partial charge in [-0.25, -0.2) is 4.39 Å². The standard InChI is InChI=1S/C27H24FN5O3/c28-20-10-8-18(9-11-20)26(35)30-29-25-21-4-1-2-5-23(21)33(27(25)36)16-31-13-17-12-19(15-31)22-6-3-7-24(34)32(22)14-17/h1-11,17,19,36H,12-16H2/t17-,19-/m0/s1. The van der Waals surface area contributed by atoms with Crippen LogP contribution in [0.15, 0.2) is 81.8 Å². The summed E-state index contributed by atoms with van der Waals surface area (Å²) in [7, 11) is 0. The molecule has 36 heavy (non-hydrogen) atoms. The number of halogens is 1. The fraction of sp³-hybridized carbons (Fsp3) is 0.259. The molecule has 9 heteroatoms. The Morgan fingerprint density at radius 1 is 1.00 bits per heavy atom. The van der Waals surface area contributed by atoms with Crippen LogP contribution in [0, 0.1) is 11.7 Å². The summed E-state index contributed by atoms with van der Waals surface area (Å²) in [4.78, 5) is 27.0. The zero-order valence-corrected chi connectivity index (χ0v) is 19.4. The lowest BCUT2D eigenvalue weighted by Crippen LogP contribution is -2.47. The van der Waals surface area contributed by atoms with E-state index in [0.29, 0.717) is 24.5 Å². The first-order chi connectivity index (χ1) is 17.5. The van der Waals surface area contributed by atoms with Crippen molar-refractivity contribution in [3.8, 4) is 5.88 Å². The number of nitrogens with zero attached hydrogens (tertiary/aromatic N) is 5. The topological polar surface area (TPSA) is 92.2 Å². The number of likely N-dealkylation sites (tertiary alicyclic amines) is 1. The van der Waals surface area contributed by atoms with E-state index in [9.17, 15) is 19.1 Å². The molecule has 1 fully saturated rings. The lowest BCUT2D eigenvalue weighted by Gasteiger charge is -2.42. The van der Waals surface area contributed by atoms with Gasteiger partial charge in [0.15, 0.2) is 5.69 Å². The van der Waals surface area contributed by atoms with Gasteiger partial charge in [-0.2, -0.15) is 0 Å². The Bertz CT molecular complexity index is 1560. The highest BCUT2D eigenvalue weighted by molar-refractivity contribution is 5.97. The first-order valence-electron chi connectivity index (χ1n) is 11.9. The van der Waals surface area contributed by atoms with E-state index < -0.39 is 11.7 Å². The Kier molecular flexibility index (Phi) is 5.49. The minimum Gasteiger partial charge on any atom is -0.493 e. The first kappa shape index (κ1) is 22.4. The van der Waals surface area contributed by atoms with Gasteiger partial charge in [-0.1, -0.05) is 24.3 Å². The largest absolute Gasteiger partial charge is 0.493 e. The van der Waals surface area contributed by atoms with Gasteiger partial charge >= 0.3 is 0 Å². The van der Waals surface area contributed by atoms with Crippen LogP contribution in [-0.4, -0.2) is 38.1 Å². The monoisotopic (exact) mass is 485 g/mol. The van der Waals surface area contributed by atoms with Gasteiger partial charge in [-0.3, -0.25) is 19.1 Å². The zero-order valence-electron chi connectivity index (χ0n) is 19.4. The maximum absolute atomic E-state index is 13.2. The quantitative estimate of drug-likeness (QED) is 0.426. The Labute approximate surface area is 205 Å². The fourth-order valence-corrected chi connectivity index (χ4v) is 5.57. The molecular weight excluding hydrogens is 461 g/mol. The van der Waals surface area contributed by atoms with Crippen molar-refractivity contribution >= 4 is 22.5 Å². The van der Waals surface area contributed by atoms with E-state index in [0.717, 1.165) is 30.7 Å². The maximum Gasteiger partial charge on any atom is 0.295 e. The molecule has 0 saturated carbocycles. The Morgan fingerprint density at radius 3 is 2.64 bits per heavy atom. The smallest absolute Gasteiger partial charge is 0.295 e. The summed E-state index contributed by atoms with van der Waals surface area (Å²) < 4.78 is 16.9. The Hall–Kier alpha value is -4.11. The van der Waals surface area contributed by atoms with E-state index in [2.05, 4.69) is 15.1 Å². The van der Waals surface area contributed by atoms with Gasteiger partial charge in [-0.05, 0) is 48.7 Å². The number of fused-ring (bicyclic) bond motifs is 5. The van der Waals surface area contributed by atoms with E-state index in [-0.39, 0.29) is 28.6 Å². The zero-order chi connectivity index (χ0) is 24.8. The third kappa shape index (κ3) is 3.91. The first-order valence-corrected chi connectivity index (χ1v) is 11.9.